The maximum Gasteiger partial charge on any atom is 0.329 e. The SMILES string of the molecule is CC(CCC(=O)O)(NC(=O)c1ccc(NCc2cnc3nc(N)[nH]c(=O)c3n2)cc1)C(=O)O. The number of aromatic nitrogens is 4. The van der Waals surface area contributed by atoms with Gasteiger partial charge in [-0.2, -0.15) is 4.98 Å². The van der Waals surface area contributed by atoms with Gasteiger partial charge in [-0.05, 0) is 37.6 Å². The second-order valence-electron chi connectivity index (χ2n) is 7.40. The molecule has 0 aliphatic heterocycles. The number of benzene rings is 1. The Morgan fingerprint density at radius 2 is 1.85 bits per heavy atom. The highest BCUT2D eigenvalue weighted by molar-refractivity contribution is 5.98. The number of aromatic amines is 1. The summed E-state index contributed by atoms with van der Waals surface area (Å²) in [6, 6.07) is 6.18. The molecule has 1 atom stereocenters. The van der Waals surface area contributed by atoms with Gasteiger partial charge in [-0.15, -0.1) is 0 Å². The number of carbonyl (C=O) groups excluding carboxylic acids is 1. The molecule has 13 nitrogen and oxygen atoms in total. The maximum absolute atomic E-state index is 12.5. The van der Waals surface area contributed by atoms with E-state index in [1.165, 1.54) is 25.3 Å². The first-order valence-corrected chi connectivity index (χ1v) is 9.70. The molecule has 0 aliphatic carbocycles. The molecular weight excluding hydrogens is 434 g/mol. The number of anilines is 2. The van der Waals surface area contributed by atoms with Crippen molar-refractivity contribution in [1.29, 1.82) is 0 Å². The number of fused-ring (bicyclic) bond motifs is 1. The van der Waals surface area contributed by atoms with Gasteiger partial charge in [0, 0.05) is 17.7 Å². The molecule has 1 unspecified atom stereocenters. The van der Waals surface area contributed by atoms with E-state index in [1.54, 1.807) is 12.1 Å². The molecule has 0 saturated heterocycles. The van der Waals surface area contributed by atoms with Gasteiger partial charge in [0.15, 0.2) is 11.2 Å². The van der Waals surface area contributed by atoms with Gasteiger partial charge >= 0.3 is 11.9 Å². The number of nitrogens with one attached hydrogen (secondary N) is 3. The van der Waals surface area contributed by atoms with Crippen molar-refractivity contribution >= 4 is 40.6 Å². The third-order valence-electron chi connectivity index (χ3n) is 4.81. The Bertz CT molecular complexity index is 1270. The third-order valence-corrected chi connectivity index (χ3v) is 4.81. The van der Waals surface area contributed by atoms with Gasteiger partial charge in [0.2, 0.25) is 5.95 Å². The van der Waals surface area contributed by atoms with Gasteiger partial charge in [-0.3, -0.25) is 19.4 Å². The number of H-pyrrole nitrogens is 1. The van der Waals surface area contributed by atoms with E-state index >= 15 is 0 Å². The van der Waals surface area contributed by atoms with Crippen molar-refractivity contribution in [2.45, 2.75) is 31.8 Å². The number of hydrogen-bond acceptors (Lipinski definition) is 9. The predicted molar refractivity (Wildman–Crippen MR) is 117 cm³/mol. The minimum absolute atomic E-state index is 0.0534. The number of hydrogen-bond donors (Lipinski definition) is 6. The average Bonchev–Trinajstić information content (AvgIpc) is 2.76. The summed E-state index contributed by atoms with van der Waals surface area (Å²) in [4.78, 5) is 61.3. The largest absolute Gasteiger partial charge is 0.481 e. The minimum atomic E-state index is -1.72. The topological polar surface area (TPSA) is 213 Å². The highest BCUT2D eigenvalue weighted by Crippen LogP contribution is 2.16. The highest BCUT2D eigenvalue weighted by atomic mass is 16.4. The number of amides is 1. The zero-order valence-electron chi connectivity index (χ0n) is 17.5. The Morgan fingerprint density at radius 3 is 2.48 bits per heavy atom. The van der Waals surface area contributed by atoms with Crippen LogP contribution in [0.25, 0.3) is 11.2 Å². The Balaban J connectivity index is 1.65. The molecule has 2 heterocycles. The molecule has 13 heteroatoms. The zero-order valence-corrected chi connectivity index (χ0v) is 17.5. The first-order chi connectivity index (χ1) is 15.6. The molecule has 3 rings (SSSR count). The second-order valence-corrected chi connectivity index (χ2v) is 7.40. The number of carbonyl (C=O) groups is 3. The Morgan fingerprint density at radius 1 is 1.15 bits per heavy atom. The van der Waals surface area contributed by atoms with Crippen molar-refractivity contribution < 1.29 is 24.6 Å². The molecule has 0 aliphatic rings. The molecule has 0 spiro atoms. The van der Waals surface area contributed by atoms with Crippen LogP contribution >= 0.6 is 0 Å². The van der Waals surface area contributed by atoms with E-state index in [1.807, 2.05) is 0 Å². The quantitative estimate of drug-likeness (QED) is 0.259. The molecule has 3 aromatic rings. The van der Waals surface area contributed by atoms with E-state index in [0.717, 1.165) is 0 Å². The van der Waals surface area contributed by atoms with Crippen LogP contribution in [-0.4, -0.2) is 53.5 Å². The predicted octanol–water partition coefficient (Wildman–Crippen LogP) is 0.345. The van der Waals surface area contributed by atoms with Gasteiger partial charge in [-0.1, -0.05) is 0 Å². The molecular formula is C20H21N7O6. The lowest BCUT2D eigenvalue weighted by molar-refractivity contribution is -0.145. The van der Waals surface area contributed by atoms with Crippen molar-refractivity contribution in [3.63, 3.8) is 0 Å². The van der Waals surface area contributed by atoms with Crippen LogP contribution in [0.4, 0.5) is 11.6 Å². The molecule has 172 valence electrons. The summed E-state index contributed by atoms with van der Waals surface area (Å²) in [6.07, 6.45) is 0.784. The van der Waals surface area contributed by atoms with Crippen LogP contribution in [0.1, 0.15) is 35.8 Å². The Hall–Kier alpha value is -4.55. The second kappa shape index (κ2) is 9.30. The first-order valence-electron chi connectivity index (χ1n) is 9.70. The minimum Gasteiger partial charge on any atom is -0.481 e. The number of nitrogen functional groups attached to an aromatic ring is 1. The van der Waals surface area contributed by atoms with Crippen molar-refractivity contribution in [3.8, 4) is 0 Å². The summed E-state index contributed by atoms with van der Waals surface area (Å²) in [5.41, 5.74) is 4.74. The normalized spacial score (nSPS) is 12.6. The lowest BCUT2D eigenvalue weighted by Gasteiger charge is -2.25. The summed E-state index contributed by atoms with van der Waals surface area (Å²) in [6.45, 7) is 1.48. The fourth-order valence-electron chi connectivity index (χ4n) is 2.89. The molecule has 0 fully saturated rings. The number of nitrogens with two attached hydrogens (primary N) is 1. The van der Waals surface area contributed by atoms with Crippen LogP contribution in [-0.2, 0) is 16.1 Å². The molecule has 0 radical (unpaired) electrons. The Kier molecular flexibility index (Phi) is 6.51. The highest BCUT2D eigenvalue weighted by Gasteiger charge is 2.35. The van der Waals surface area contributed by atoms with Crippen molar-refractivity contribution in [2.24, 2.45) is 0 Å². The maximum atomic E-state index is 12.5. The van der Waals surface area contributed by atoms with Crippen molar-refractivity contribution in [1.82, 2.24) is 25.3 Å². The lowest BCUT2D eigenvalue weighted by atomic mass is 9.95. The standard InChI is InChI=1S/C20H21N7O6/c1-20(18(32)33,7-6-13(28)29)27-16(30)10-2-4-11(5-3-10)22-8-12-9-23-15-14(24-12)17(31)26-19(21)25-15/h2-5,9,22H,6-8H2,1H3,(H,27,30)(H,28,29)(H,32,33)(H3,21,23,25,26,31). The average molecular weight is 455 g/mol. The third kappa shape index (κ3) is 5.58. The van der Waals surface area contributed by atoms with Crippen LogP contribution < -0.4 is 21.9 Å². The van der Waals surface area contributed by atoms with Crippen LogP contribution in [0.2, 0.25) is 0 Å². The fourth-order valence-corrected chi connectivity index (χ4v) is 2.89. The fraction of sp³-hybridized carbons (Fsp3) is 0.250. The Labute approximate surface area is 186 Å². The van der Waals surface area contributed by atoms with Gasteiger partial charge in [-0.25, -0.2) is 14.8 Å². The number of carboxylic acid groups (broad SMARTS) is 2. The molecule has 2 aromatic heterocycles. The van der Waals surface area contributed by atoms with Gasteiger partial charge in [0.25, 0.3) is 11.5 Å². The van der Waals surface area contributed by atoms with E-state index < -0.39 is 35.4 Å². The van der Waals surface area contributed by atoms with E-state index in [4.69, 9.17) is 10.8 Å². The summed E-state index contributed by atoms with van der Waals surface area (Å²) in [7, 11) is 0. The molecule has 33 heavy (non-hydrogen) atoms. The molecule has 7 N–H and O–H groups in total. The van der Waals surface area contributed by atoms with Gasteiger partial charge in [0.1, 0.15) is 5.54 Å². The summed E-state index contributed by atoms with van der Waals surface area (Å²) in [5, 5.41) is 23.7. The van der Waals surface area contributed by atoms with Crippen LogP contribution in [0, 0.1) is 0 Å². The summed E-state index contributed by atoms with van der Waals surface area (Å²) < 4.78 is 0. The smallest absolute Gasteiger partial charge is 0.329 e. The lowest BCUT2D eigenvalue weighted by Crippen LogP contribution is -2.52. The van der Waals surface area contributed by atoms with Crippen LogP contribution in [0.5, 0.6) is 0 Å². The number of carboxylic acids is 2. The van der Waals surface area contributed by atoms with Crippen molar-refractivity contribution in [2.75, 3.05) is 11.1 Å². The first kappa shape index (κ1) is 23.1. The van der Waals surface area contributed by atoms with Crippen LogP contribution in [0.3, 0.4) is 0 Å². The monoisotopic (exact) mass is 455 g/mol. The summed E-state index contributed by atoms with van der Waals surface area (Å²) in [5.74, 6) is -3.19. The van der Waals surface area contributed by atoms with Gasteiger partial charge < -0.3 is 26.6 Å². The summed E-state index contributed by atoms with van der Waals surface area (Å²) >= 11 is 0. The molecule has 0 saturated carbocycles. The molecule has 1 aromatic carbocycles. The van der Waals surface area contributed by atoms with E-state index in [9.17, 15) is 24.3 Å². The molecule has 0 bridgehead atoms. The number of nitrogens with zero attached hydrogens (tertiary/aromatic N) is 3. The van der Waals surface area contributed by atoms with E-state index in [-0.39, 0.29) is 35.6 Å². The van der Waals surface area contributed by atoms with Gasteiger partial charge in [0.05, 0.1) is 18.4 Å². The number of aliphatic carboxylic acids is 2. The van der Waals surface area contributed by atoms with E-state index in [2.05, 4.69) is 30.6 Å². The van der Waals surface area contributed by atoms with Crippen LogP contribution in [0.15, 0.2) is 35.3 Å². The van der Waals surface area contributed by atoms with Crippen molar-refractivity contribution in [3.05, 3.63) is 52.1 Å². The van der Waals surface area contributed by atoms with E-state index in [0.29, 0.717) is 11.4 Å². The number of rotatable bonds is 9. The molecule has 1 amide bonds. The zero-order chi connectivity index (χ0) is 24.2.